The molecule has 0 saturated carbocycles. The van der Waals surface area contributed by atoms with Gasteiger partial charge >= 0.3 is 17.9 Å². The summed E-state index contributed by atoms with van der Waals surface area (Å²) in [6.45, 7) is 6.30. The first kappa shape index (κ1) is 30.1. The maximum absolute atomic E-state index is 12.3. The first-order valence-corrected chi connectivity index (χ1v) is 11.2. The van der Waals surface area contributed by atoms with Crippen molar-refractivity contribution >= 4 is 47.2 Å². The average Bonchev–Trinajstić information content (AvgIpc) is 2.70. The van der Waals surface area contributed by atoms with E-state index in [0.29, 0.717) is 0 Å². The van der Waals surface area contributed by atoms with Crippen molar-refractivity contribution in [2.45, 2.75) is 58.2 Å². The number of thioether (sulfide) groups is 1. The van der Waals surface area contributed by atoms with E-state index in [0.717, 1.165) is 11.8 Å². The average molecular weight is 493 g/mol. The molecule has 188 valence electrons. The monoisotopic (exact) mass is 492 g/mol. The number of carboxylic acid groups (broad SMARTS) is 2. The van der Waals surface area contributed by atoms with E-state index in [9.17, 15) is 24.0 Å². The number of amides is 2. The number of carboxylic acids is 2. The van der Waals surface area contributed by atoms with E-state index in [-0.39, 0.29) is 36.7 Å². The van der Waals surface area contributed by atoms with Gasteiger partial charge in [-0.05, 0) is 34.1 Å². The highest BCUT2D eigenvalue weighted by Crippen LogP contribution is 2.11. The highest BCUT2D eigenvalue weighted by atomic mass is 32.2. The second-order valence-corrected chi connectivity index (χ2v) is 8.72. The molecule has 33 heavy (non-hydrogen) atoms. The van der Waals surface area contributed by atoms with Crippen LogP contribution in [0.15, 0.2) is 5.16 Å². The van der Waals surface area contributed by atoms with E-state index in [1.165, 1.54) is 0 Å². The highest BCUT2D eigenvalue weighted by molar-refractivity contribution is 8.00. The van der Waals surface area contributed by atoms with Crippen molar-refractivity contribution in [3.63, 3.8) is 0 Å². The third kappa shape index (κ3) is 14.7. The number of carbonyl (C=O) groups is 5. The smallest absolute Gasteiger partial charge is 0.356 e. The van der Waals surface area contributed by atoms with Crippen LogP contribution >= 0.6 is 11.8 Å². The summed E-state index contributed by atoms with van der Waals surface area (Å²) in [5, 5.41) is 26.0. The SMILES string of the molecule is CCOC(=O)C(CSCC(NC(=O)CCC(N)C(=O)O)C(=O)NCC(=O)O)=NOC(C)(C)C. The molecule has 0 aromatic heterocycles. The zero-order valence-corrected chi connectivity index (χ0v) is 19.9. The van der Waals surface area contributed by atoms with Gasteiger partial charge in [0, 0.05) is 17.9 Å². The van der Waals surface area contributed by atoms with Gasteiger partial charge < -0.3 is 36.2 Å². The molecule has 0 aromatic rings. The van der Waals surface area contributed by atoms with E-state index in [4.69, 9.17) is 25.5 Å². The minimum absolute atomic E-state index is 0.0165. The molecule has 0 aliphatic carbocycles. The lowest BCUT2D eigenvalue weighted by molar-refractivity contribution is -0.139. The summed E-state index contributed by atoms with van der Waals surface area (Å²) in [4.78, 5) is 63.3. The fourth-order valence-electron chi connectivity index (χ4n) is 1.95. The van der Waals surface area contributed by atoms with Crippen LogP contribution < -0.4 is 16.4 Å². The molecule has 0 spiro atoms. The number of rotatable bonds is 15. The summed E-state index contributed by atoms with van der Waals surface area (Å²) < 4.78 is 4.94. The molecule has 6 N–H and O–H groups in total. The number of nitrogens with one attached hydrogen (secondary N) is 2. The number of nitrogens with zero attached hydrogens (tertiary/aromatic N) is 1. The lowest BCUT2D eigenvalue weighted by Gasteiger charge is -2.19. The fourth-order valence-corrected chi connectivity index (χ4v) is 2.90. The lowest BCUT2D eigenvalue weighted by atomic mass is 10.1. The van der Waals surface area contributed by atoms with E-state index in [1.54, 1.807) is 27.7 Å². The van der Waals surface area contributed by atoms with Gasteiger partial charge in [-0.1, -0.05) is 5.16 Å². The Kier molecular flexibility index (Phi) is 13.7. The number of ether oxygens (including phenoxy) is 1. The van der Waals surface area contributed by atoms with Crippen LogP contribution in [0.4, 0.5) is 0 Å². The number of oxime groups is 1. The second-order valence-electron chi connectivity index (χ2n) is 7.69. The molecule has 0 aliphatic rings. The van der Waals surface area contributed by atoms with Crippen molar-refractivity contribution in [1.82, 2.24) is 10.6 Å². The predicted octanol–water partition coefficient (Wildman–Crippen LogP) is -0.668. The van der Waals surface area contributed by atoms with Crippen molar-refractivity contribution in [2.75, 3.05) is 24.7 Å². The van der Waals surface area contributed by atoms with Gasteiger partial charge in [0.05, 0.1) is 6.61 Å². The minimum Gasteiger partial charge on any atom is -0.480 e. The van der Waals surface area contributed by atoms with Gasteiger partial charge in [-0.2, -0.15) is 11.8 Å². The van der Waals surface area contributed by atoms with Gasteiger partial charge in [0.1, 0.15) is 24.2 Å². The minimum atomic E-state index is -1.27. The summed E-state index contributed by atoms with van der Waals surface area (Å²) in [5.74, 6) is -4.71. The molecule has 2 amide bonds. The Morgan fingerprint density at radius 2 is 1.79 bits per heavy atom. The number of carbonyl (C=O) groups excluding carboxylic acids is 3. The Labute approximate surface area is 195 Å². The van der Waals surface area contributed by atoms with Crippen LogP contribution in [-0.2, 0) is 33.5 Å². The maximum Gasteiger partial charge on any atom is 0.356 e. The number of hydrogen-bond acceptors (Lipinski definition) is 10. The van der Waals surface area contributed by atoms with Crippen LogP contribution in [0.3, 0.4) is 0 Å². The molecule has 2 atom stereocenters. The maximum atomic E-state index is 12.3. The largest absolute Gasteiger partial charge is 0.480 e. The van der Waals surface area contributed by atoms with Crippen LogP contribution in [0.25, 0.3) is 0 Å². The first-order valence-electron chi connectivity index (χ1n) is 10.0. The van der Waals surface area contributed by atoms with Crippen molar-refractivity contribution < 1.29 is 43.8 Å². The van der Waals surface area contributed by atoms with E-state index in [1.807, 2.05) is 0 Å². The van der Waals surface area contributed by atoms with Crippen molar-refractivity contribution in [3.05, 3.63) is 0 Å². The van der Waals surface area contributed by atoms with Crippen LogP contribution in [-0.4, -0.2) is 88.0 Å². The quantitative estimate of drug-likeness (QED) is 0.110. The van der Waals surface area contributed by atoms with Gasteiger partial charge in [-0.3, -0.25) is 19.2 Å². The molecule has 0 rings (SSSR count). The fraction of sp³-hybridized carbons (Fsp3) is 0.684. The molecule has 0 radical (unpaired) electrons. The summed E-state index contributed by atoms with van der Waals surface area (Å²) in [6, 6.07) is -2.40. The topological polar surface area (TPSA) is 207 Å². The third-order valence-corrected chi connectivity index (χ3v) is 4.58. The van der Waals surface area contributed by atoms with E-state index in [2.05, 4.69) is 15.8 Å². The first-order chi connectivity index (χ1) is 15.3. The number of esters is 1. The van der Waals surface area contributed by atoms with Gasteiger partial charge in [-0.15, -0.1) is 0 Å². The molecule has 0 fully saturated rings. The van der Waals surface area contributed by atoms with Crippen LogP contribution in [0.2, 0.25) is 0 Å². The second kappa shape index (κ2) is 15.1. The molecule has 14 heteroatoms. The Hall–Kier alpha value is -2.87. The zero-order valence-electron chi connectivity index (χ0n) is 19.1. The molecule has 13 nitrogen and oxygen atoms in total. The molecule has 0 heterocycles. The molecule has 0 aliphatic heterocycles. The summed E-state index contributed by atoms with van der Waals surface area (Å²) >= 11 is 1.05. The van der Waals surface area contributed by atoms with Crippen LogP contribution in [0, 0.1) is 0 Å². The van der Waals surface area contributed by atoms with Gasteiger partial charge in [-0.25, -0.2) is 4.79 Å². The summed E-state index contributed by atoms with van der Waals surface area (Å²) in [6.07, 6.45) is -0.405. The van der Waals surface area contributed by atoms with Crippen molar-refractivity contribution in [1.29, 1.82) is 0 Å². The Morgan fingerprint density at radius 3 is 2.30 bits per heavy atom. The van der Waals surface area contributed by atoms with Crippen LogP contribution in [0.1, 0.15) is 40.5 Å². The lowest BCUT2D eigenvalue weighted by Crippen LogP contribution is -2.49. The number of nitrogens with two attached hydrogens (primary N) is 1. The molecule has 2 unspecified atom stereocenters. The van der Waals surface area contributed by atoms with Gasteiger partial charge in [0.25, 0.3) is 0 Å². The Balaban J connectivity index is 5.18. The predicted molar refractivity (Wildman–Crippen MR) is 120 cm³/mol. The standard InChI is InChI=1S/C19H32N4O9S/c1-5-31-18(30)13(23-32-19(2,3)4)10-33-9-12(16(27)21-8-15(25)26)22-14(24)7-6-11(20)17(28)29/h11-12H,5-10,20H2,1-4H3,(H,21,27)(H,22,24)(H,25,26)(H,28,29). The molecule has 0 bridgehead atoms. The van der Waals surface area contributed by atoms with Crippen molar-refractivity contribution in [3.8, 4) is 0 Å². The summed E-state index contributed by atoms with van der Waals surface area (Å²) in [5.41, 5.74) is 4.66. The molecule has 0 aromatic carbocycles. The number of hydrogen-bond donors (Lipinski definition) is 5. The third-order valence-electron chi connectivity index (χ3n) is 3.53. The molecule has 0 saturated heterocycles. The highest BCUT2D eigenvalue weighted by Gasteiger charge is 2.24. The van der Waals surface area contributed by atoms with Gasteiger partial charge in [0.15, 0.2) is 5.71 Å². The van der Waals surface area contributed by atoms with E-state index >= 15 is 0 Å². The molecular weight excluding hydrogens is 460 g/mol. The Morgan fingerprint density at radius 1 is 1.15 bits per heavy atom. The normalized spacial score (nSPS) is 13.4. The van der Waals surface area contributed by atoms with Gasteiger partial charge in [0.2, 0.25) is 11.8 Å². The van der Waals surface area contributed by atoms with Crippen molar-refractivity contribution in [2.24, 2.45) is 10.9 Å². The molecular formula is C19H32N4O9S. The zero-order chi connectivity index (χ0) is 25.6. The number of aliphatic carboxylic acids is 2. The van der Waals surface area contributed by atoms with Crippen LogP contribution in [0.5, 0.6) is 0 Å². The summed E-state index contributed by atoms with van der Waals surface area (Å²) in [7, 11) is 0. The van der Waals surface area contributed by atoms with E-state index < -0.39 is 54.0 Å². The Bertz CT molecular complexity index is 737.